The van der Waals surface area contributed by atoms with Gasteiger partial charge in [0.25, 0.3) is 0 Å². The monoisotopic (exact) mass is 403 g/mol. The van der Waals surface area contributed by atoms with E-state index in [9.17, 15) is 4.79 Å². The zero-order valence-corrected chi connectivity index (χ0v) is 17.9. The van der Waals surface area contributed by atoms with Crippen molar-refractivity contribution in [1.29, 1.82) is 0 Å². The summed E-state index contributed by atoms with van der Waals surface area (Å²) in [7, 11) is 0. The van der Waals surface area contributed by atoms with Gasteiger partial charge in [0.15, 0.2) is 5.78 Å². The van der Waals surface area contributed by atoms with Crippen molar-refractivity contribution in [3.8, 4) is 0 Å². The molecule has 0 atom stereocenters. The second-order valence-corrected chi connectivity index (χ2v) is 9.25. The first-order valence-corrected chi connectivity index (χ1v) is 11.7. The van der Waals surface area contributed by atoms with E-state index in [1.165, 1.54) is 56.2 Å². The van der Waals surface area contributed by atoms with Gasteiger partial charge in [0.1, 0.15) is 0 Å². The molecular formula is C26H33N3O. The van der Waals surface area contributed by atoms with Gasteiger partial charge in [-0.1, -0.05) is 36.8 Å². The van der Waals surface area contributed by atoms with Crippen LogP contribution in [0.4, 0.5) is 0 Å². The number of fused-ring (bicyclic) bond motifs is 3. The van der Waals surface area contributed by atoms with E-state index in [1.807, 2.05) is 0 Å². The number of nitrogens with one attached hydrogen (secondary N) is 1. The van der Waals surface area contributed by atoms with Crippen molar-refractivity contribution in [2.24, 2.45) is 5.92 Å². The summed E-state index contributed by atoms with van der Waals surface area (Å²) in [6, 6.07) is 14.7. The molecular weight excluding hydrogens is 370 g/mol. The molecule has 2 aliphatic rings. The SMILES string of the molecule is O=C(CC1CCN(CCN2CCCCC2)CC1)c1cc2c(ccc3ccccc32)[nH]1. The molecule has 0 amide bonds. The number of rotatable bonds is 6. The van der Waals surface area contributed by atoms with Crippen LogP contribution >= 0.6 is 0 Å². The molecule has 0 aliphatic carbocycles. The highest BCUT2D eigenvalue weighted by atomic mass is 16.1. The third kappa shape index (κ3) is 4.30. The molecule has 158 valence electrons. The van der Waals surface area contributed by atoms with Crippen molar-refractivity contribution in [3.63, 3.8) is 0 Å². The van der Waals surface area contributed by atoms with Gasteiger partial charge >= 0.3 is 0 Å². The second kappa shape index (κ2) is 8.91. The summed E-state index contributed by atoms with van der Waals surface area (Å²) >= 11 is 0. The maximum absolute atomic E-state index is 13.0. The standard InChI is InChI=1S/C26H33N3O/c30-26(25-19-23-22-7-3-2-6-21(22)8-9-24(23)27-25)18-20-10-14-29(15-11-20)17-16-28-12-4-1-5-13-28/h2-3,6-9,19-20,27H,1,4-5,10-18H2. The van der Waals surface area contributed by atoms with Crippen LogP contribution in [0, 0.1) is 5.92 Å². The molecule has 2 saturated heterocycles. The lowest BCUT2D eigenvalue weighted by molar-refractivity contribution is 0.0915. The van der Waals surface area contributed by atoms with Crippen molar-refractivity contribution in [3.05, 3.63) is 48.2 Å². The molecule has 0 saturated carbocycles. The first-order valence-electron chi connectivity index (χ1n) is 11.7. The van der Waals surface area contributed by atoms with Crippen LogP contribution in [-0.4, -0.2) is 59.8 Å². The molecule has 0 bridgehead atoms. The van der Waals surface area contributed by atoms with Crippen LogP contribution in [-0.2, 0) is 0 Å². The van der Waals surface area contributed by atoms with Gasteiger partial charge in [0.05, 0.1) is 5.69 Å². The molecule has 2 fully saturated rings. The van der Waals surface area contributed by atoms with Crippen molar-refractivity contribution in [2.45, 2.75) is 38.5 Å². The maximum atomic E-state index is 13.0. The zero-order valence-electron chi connectivity index (χ0n) is 17.9. The van der Waals surface area contributed by atoms with Gasteiger partial charge in [-0.15, -0.1) is 0 Å². The molecule has 2 aromatic carbocycles. The van der Waals surface area contributed by atoms with Crippen LogP contribution in [0.5, 0.6) is 0 Å². The molecule has 1 N–H and O–H groups in total. The number of H-pyrrole nitrogens is 1. The number of carbonyl (C=O) groups excluding carboxylic acids is 1. The number of hydrogen-bond donors (Lipinski definition) is 1. The van der Waals surface area contributed by atoms with Gasteiger partial charge in [-0.3, -0.25) is 4.79 Å². The van der Waals surface area contributed by atoms with E-state index >= 15 is 0 Å². The summed E-state index contributed by atoms with van der Waals surface area (Å²) in [6.07, 6.45) is 7.11. The van der Waals surface area contributed by atoms with E-state index in [0.29, 0.717) is 12.3 Å². The highest BCUT2D eigenvalue weighted by Gasteiger charge is 2.23. The van der Waals surface area contributed by atoms with Gasteiger partial charge < -0.3 is 14.8 Å². The predicted molar refractivity (Wildman–Crippen MR) is 124 cm³/mol. The third-order valence-corrected chi connectivity index (χ3v) is 7.19. The topological polar surface area (TPSA) is 39.3 Å². The Labute approximate surface area is 179 Å². The largest absolute Gasteiger partial charge is 0.352 e. The van der Waals surface area contributed by atoms with Gasteiger partial charge in [-0.05, 0) is 80.7 Å². The summed E-state index contributed by atoms with van der Waals surface area (Å²) in [4.78, 5) is 21.6. The fourth-order valence-corrected chi connectivity index (χ4v) is 5.29. The smallest absolute Gasteiger partial charge is 0.179 e. The summed E-state index contributed by atoms with van der Waals surface area (Å²) in [5.74, 6) is 0.786. The molecule has 4 heteroatoms. The number of piperidine rings is 2. The first-order chi connectivity index (χ1) is 14.8. The Hall–Kier alpha value is -2.17. The van der Waals surface area contributed by atoms with Crippen molar-refractivity contribution in [2.75, 3.05) is 39.3 Å². The third-order valence-electron chi connectivity index (χ3n) is 7.19. The van der Waals surface area contributed by atoms with Crippen LogP contribution in [0.25, 0.3) is 21.7 Å². The Kier molecular flexibility index (Phi) is 5.87. The Bertz CT molecular complexity index is 1010. The number of likely N-dealkylation sites (tertiary alicyclic amines) is 2. The fourth-order valence-electron chi connectivity index (χ4n) is 5.29. The highest BCUT2D eigenvalue weighted by molar-refractivity contribution is 6.10. The van der Waals surface area contributed by atoms with Gasteiger partial charge in [-0.2, -0.15) is 0 Å². The molecule has 30 heavy (non-hydrogen) atoms. The number of aromatic nitrogens is 1. The lowest BCUT2D eigenvalue weighted by atomic mass is 9.91. The van der Waals surface area contributed by atoms with Crippen LogP contribution in [0.15, 0.2) is 42.5 Å². The molecule has 0 unspecified atom stereocenters. The fraction of sp³-hybridized carbons (Fsp3) is 0.500. The molecule has 3 aromatic rings. The minimum atomic E-state index is 0.266. The molecule has 3 heterocycles. The predicted octanol–water partition coefficient (Wildman–Crippen LogP) is 5.09. The average molecular weight is 404 g/mol. The van der Waals surface area contributed by atoms with E-state index in [1.54, 1.807) is 0 Å². The van der Waals surface area contributed by atoms with Crippen LogP contribution in [0.1, 0.15) is 49.0 Å². The summed E-state index contributed by atoms with van der Waals surface area (Å²) in [5.41, 5.74) is 1.83. The van der Waals surface area contributed by atoms with E-state index in [0.717, 1.165) is 42.5 Å². The number of Topliss-reactive ketones (excluding diaryl/α,β-unsaturated/α-hetero) is 1. The molecule has 5 rings (SSSR count). The van der Waals surface area contributed by atoms with E-state index in [4.69, 9.17) is 0 Å². The number of aromatic amines is 1. The summed E-state index contributed by atoms with van der Waals surface area (Å²) in [5, 5.41) is 3.59. The number of carbonyl (C=O) groups is 1. The molecule has 4 nitrogen and oxygen atoms in total. The van der Waals surface area contributed by atoms with Crippen LogP contribution in [0.2, 0.25) is 0 Å². The molecule has 1 aromatic heterocycles. The lowest BCUT2D eigenvalue weighted by Crippen LogP contribution is -2.41. The van der Waals surface area contributed by atoms with Crippen molar-refractivity contribution in [1.82, 2.24) is 14.8 Å². The van der Waals surface area contributed by atoms with Gasteiger partial charge in [-0.25, -0.2) is 0 Å². The highest BCUT2D eigenvalue weighted by Crippen LogP contribution is 2.28. The first kappa shape index (κ1) is 19.8. The summed E-state index contributed by atoms with van der Waals surface area (Å²) < 4.78 is 0. The molecule has 2 aliphatic heterocycles. The number of ketones is 1. The number of benzene rings is 2. The molecule has 0 radical (unpaired) electrons. The Morgan fingerprint density at radius 3 is 2.40 bits per heavy atom. The number of hydrogen-bond acceptors (Lipinski definition) is 3. The second-order valence-electron chi connectivity index (χ2n) is 9.25. The van der Waals surface area contributed by atoms with Crippen molar-refractivity contribution < 1.29 is 4.79 Å². The van der Waals surface area contributed by atoms with E-state index in [2.05, 4.69) is 57.2 Å². The zero-order chi connectivity index (χ0) is 20.3. The van der Waals surface area contributed by atoms with Crippen molar-refractivity contribution >= 4 is 27.5 Å². The normalized spacial score (nSPS) is 19.6. The Morgan fingerprint density at radius 2 is 1.60 bits per heavy atom. The minimum absolute atomic E-state index is 0.266. The average Bonchev–Trinajstić information content (AvgIpc) is 3.25. The Balaban J connectivity index is 1.16. The van der Waals surface area contributed by atoms with E-state index < -0.39 is 0 Å². The number of nitrogens with zero attached hydrogens (tertiary/aromatic N) is 2. The minimum Gasteiger partial charge on any atom is -0.352 e. The van der Waals surface area contributed by atoms with Gasteiger partial charge in [0.2, 0.25) is 0 Å². The van der Waals surface area contributed by atoms with Crippen LogP contribution in [0.3, 0.4) is 0 Å². The molecule has 0 spiro atoms. The lowest BCUT2D eigenvalue weighted by Gasteiger charge is -2.34. The summed E-state index contributed by atoms with van der Waals surface area (Å²) in [6.45, 7) is 7.25. The quantitative estimate of drug-likeness (QED) is 0.583. The Morgan fingerprint density at radius 1 is 0.867 bits per heavy atom. The van der Waals surface area contributed by atoms with Gasteiger partial charge in [0, 0.05) is 30.4 Å². The maximum Gasteiger partial charge on any atom is 0.179 e. The van der Waals surface area contributed by atoms with Crippen LogP contribution < -0.4 is 0 Å². The van der Waals surface area contributed by atoms with E-state index in [-0.39, 0.29) is 5.78 Å².